The molecule has 1 N–H and O–H groups in total. The monoisotopic (exact) mass is 296 g/mol. The van der Waals surface area contributed by atoms with Gasteiger partial charge in [-0.15, -0.1) is 0 Å². The third-order valence-corrected chi connectivity index (χ3v) is 4.10. The van der Waals surface area contributed by atoms with Gasteiger partial charge < -0.3 is 10.2 Å². The Hall–Kier alpha value is -0.540. The SMILES string of the molecule is Cc1cc(Br)ccc1N(C)CCC1CCNC1. The summed E-state index contributed by atoms with van der Waals surface area (Å²) in [5.41, 5.74) is 2.69. The van der Waals surface area contributed by atoms with Crippen LogP contribution in [-0.2, 0) is 0 Å². The molecule has 0 amide bonds. The minimum absolute atomic E-state index is 0.869. The van der Waals surface area contributed by atoms with Crippen LogP contribution < -0.4 is 10.2 Å². The maximum absolute atomic E-state index is 3.51. The van der Waals surface area contributed by atoms with Gasteiger partial charge in [-0.25, -0.2) is 0 Å². The first-order valence-corrected chi connectivity index (χ1v) is 7.14. The van der Waals surface area contributed by atoms with Gasteiger partial charge >= 0.3 is 0 Å². The van der Waals surface area contributed by atoms with E-state index < -0.39 is 0 Å². The van der Waals surface area contributed by atoms with E-state index >= 15 is 0 Å². The van der Waals surface area contributed by atoms with Gasteiger partial charge in [0.15, 0.2) is 0 Å². The van der Waals surface area contributed by atoms with Gasteiger partial charge in [0.05, 0.1) is 0 Å². The maximum Gasteiger partial charge on any atom is 0.0394 e. The summed E-state index contributed by atoms with van der Waals surface area (Å²) in [6, 6.07) is 6.51. The van der Waals surface area contributed by atoms with Crippen molar-refractivity contribution in [3.8, 4) is 0 Å². The van der Waals surface area contributed by atoms with E-state index in [4.69, 9.17) is 0 Å². The molecule has 0 saturated carbocycles. The normalized spacial score (nSPS) is 19.6. The van der Waals surface area contributed by atoms with Crippen LogP contribution in [0, 0.1) is 12.8 Å². The molecule has 1 unspecified atom stereocenters. The molecule has 94 valence electrons. The number of hydrogen-bond donors (Lipinski definition) is 1. The van der Waals surface area contributed by atoms with Crippen molar-refractivity contribution in [2.24, 2.45) is 5.92 Å². The van der Waals surface area contributed by atoms with Crippen molar-refractivity contribution < 1.29 is 0 Å². The Balaban J connectivity index is 1.91. The largest absolute Gasteiger partial charge is 0.374 e. The zero-order valence-electron chi connectivity index (χ0n) is 10.7. The fourth-order valence-corrected chi connectivity index (χ4v) is 2.98. The van der Waals surface area contributed by atoms with Gasteiger partial charge in [0.2, 0.25) is 0 Å². The number of rotatable bonds is 4. The number of benzene rings is 1. The van der Waals surface area contributed by atoms with Crippen molar-refractivity contribution in [1.82, 2.24) is 5.32 Å². The van der Waals surface area contributed by atoms with Crippen LogP contribution in [0.1, 0.15) is 18.4 Å². The van der Waals surface area contributed by atoms with Gasteiger partial charge in [-0.3, -0.25) is 0 Å². The Morgan fingerprint density at radius 3 is 2.94 bits per heavy atom. The second-order valence-corrected chi connectivity index (χ2v) is 5.92. The lowest BCUT2D eigenvalue weighted by atomic mass is 10.0. The van der Waals surface area contributed by atoms with Crippen LogP contribution in [0.3, 0.4) is 0 Å². The van der Waals surface area contributed by atoms with E-state index in [9.17, 15) is 0 Å². The summed E-state index contributed by atoms with van der Waals surface area (Å²) in [5, 5.41) is 3.43. The fraction of sp³-hybridized carbons (Fsp3) is 0.571. The van der Waals surface area contributed by atoms with Gasteiger partial charge in [0.1, 0.15) is 0 Å². The minimum Gasteiger partial charge on any atom is -0.374 e. The van der Waals surface area contributed by atoms with Crippen molar-refractivity contribution in [2.75, 3.05) is 31.6 Å². The van der Waals surface area contributed by atoms with E-state index in [1.165, 1.54) is 37.2 Å². The standard InChI is InChI=1S/C14H21BrN2/c1-11-9-13(15)3-4-14(11)17(2)8-6-12-5-7-16-10-12/h3-4,9,12,16H,5-8,10H2,1-2H3. The van der Waals surface area contributed by atoms with Crippen LogP contribution in [0.2, 0.25) is 0 Å². The maximum atomic E-state index is 3.51. The molecular formula is C14H21BrN2. The third kappa shape index (κ3) is 3.46. The second kappa shape index (κ2) is 5.87. The molecule has 3 heteroatoms. The minimum atomic E-state index is 0.869. The summed E-state index contributed by atoms with van der Waals surface area (Å²) < 4.78 is 1.16. The Bertz CT molecular complexity index is 372. The van der Waals surface area contributed by atoms with Crippen LogP contribution in [0.5, 0.6) is 0 Å². The molecule has 0 aliphatic carbocycles. The van der Waals surface area contributed by atoms with Gasteiger partial charge in [-0.1, -0.05) is 15.9 Å². The highest BCUT2D eigenvalue weighted by Crippen LogP contribution is 2.24. The van der Waals surface area contributed by atoms with Crippen LogP contribution in [0.15, 0.2) is 22.7 Å². The quantitative estimate of drug-likeness (QED) is 0.918. The Morgan fingerprint density at radius 2 is 2.29 bits per heavy atom. The average molecular weight is 297 g/mol. The van der Waals surface area contributed by atoms with E-state index in [1.54, 1.807) is 0 Å². The third-order valence-electron chi connectivity index (χ3n) is 3.61. The lowest BCUT2D eigenvalue weighted by Gasteiger charge is -2.23. The molecule has 1 aliphatic rings. The van der Waals surface area contributed by atoms with E-state index in [1.807, 2.05) is 0 Å². The van der Waals surface area contributed by atoms with Gasteiger partial charge in [0, 0.05) is 23.8 Å². The molecule has 0 aromatic heterocycles. The number of hydrogen-bond acceptors (Lipinski definition) is 2. The van der Waals surface area contributed by atoms with Gasteiger partial charge in [0.25, 0.3) is 0 Å². The van der Waals surface area contributed by atoms with Gasteiger partial charge in [-0.2, -0.15) is 0 Å². The highest BCUT2D eigenvalue weighted by molar-refractivity contribution is 9.10. The molecule has 1 aliphatic heterocycles. The first kappa shape index (κ1) is 12.9. The number of aryl methyl sites for hydroxylation is 1. The summed E-state index contributed by atoms with van der Waals surface area (Å²) in [7, 11) is 2.19. The van der Waals surface area contributed by atoms with E-state index in [-0.39, 0.29) is 0 Å². The summed E-state index contributed by atoms with van der Waals surface area (Å²) in [4.78, 5) is 2.38. The Morgan fingerprint density at radius 1 is 1.47 bits per heavy atom. The lowest BCUT2D eigenvalue weighted by Crippen LogP contribution is -2.22. The number of anilines is 1. The predicted molar refractivity (Wildman–Crippen MR) is 77.7 cm³/mol. The predicted octanol–water partition coefficient (Wildman–Crippen LogP) is 3.19. The second-order valence-electron chi connectivity index (χ2n) is 5.00. The first-order chi connectivity index (χ1) is 8.16. The fourth-order valence-electron chi connectivity index (χ4n) is 2.50. The molecule has 1 aromatic carbocycles. The summed E-state index contributed by atoms with van der Waals surface area (Å²) in [5.74, 6) is 0.869. The molecule has 1 aromatic rings. The zero-order chi connectivity index (χ0) is 12.3. The number of nitrogens with one attached hydrogen (secondary N) is 1. The van der Waals surface area contributed by atoms with E-state index in [0.29, 0.717) is 0 Å². The van der Waals surface area contributed by atoms with Crippen molar-refractivity contribution in [3.63, 3.8) is 0 Å². The zero-order valence-corrected chi connectivity index (χ0v) is 12.3. The molecule has 0 radical (unpaired) electrons. The Labute approximate surface area is 113 Å². The average Bonchev–Trinajstić information content (AvgIpc) is 2.78. The molecule has 1 heterocycles. The Kier molecular flexibility index (Phi) is 4.46. The molecule has 1 fully saturated rings. The summed E-state index contributed by atoms with van der Waals surface area (Å²) in [6.45, 7) is 5.72. The van der Waals surface area contributed by atoms with E-state index in [0.717, 1.165) is 16.9 Å². The first-order valence-electron chi connectivity index (χ1n) is 6.35. The van der Waals surface area contributed by atoms with E-state index in [2.05, 4.69) is 58.3 Å². The smallest absolute Gasteiger partial charge is 0.0394 e. The molecule has 1 atom stereocenters. The topological polar surface area (TPSA) is 15.3 Å². The molecular weight excluding hydrogens is 276 g/mol. The molecule has 17 heavy (non-hydrogen) atoms. The summed E-state index contributed by atoms with van der Waals surface area (Å²) in [6.07, 6.45) is 2.63. The van der Waals surface area contributed by atoms with Crippen molar-refractivity contribution in [3.05, 3.63) is 28.2 Å². The lowest BCUT2D eigenvalue weighted by molar-refractivity contribution is 0.533. The van der Waals surface area contributed by atoms with Crippen LogP contribution in [0.25, 0.3) is 0 Å². The summed E-state index contributed by atoms with van der Waals surface area (Å²) >= 11 is 3.51. The van der Waals surface area contributed by atoms with Crippen LogP contribution >= 0.6 is 15.9 Å². The van der Waals surface area contributed by atoms with Crippen molar-refractivity contribution in [1.29, 1.82) is 0 Å². The van der Waals surface area contributed by atoms with Crippen LogP contribution in [-0.4, -0.2) is 26.7 Å². The van der Waals surface area contributed by atoms with Crippen LogP contribution in [0.4, 0.5) is 5.69 Å². The highest BCUT2D eigenvalue weighted by atomic mass is 79.9. The van der Waals surface area contributed by atoms with Crippen molar-refractivity contribution in [2.45, 2.75) is 19.8 Å². The molecule has 1 saturated heterocycles. The molecule has 2 nitrogen and oxygen atoms in total. The van der Waals surface area contributed by atoms with Crippen molar-refractivity contribution >= 4 is 21.6 Å². The highest BCUT2D eigenvalue weighted by Gasteiger charge is 2.15. The molecule has 0 bridgehead atoms. The number of nitrogens with zero attached hydrogens (tertiary/aromatic N) is 1. The molecule has 0 spiro atoms. The molecule has 2 rings (SSSR count). The van der Waals surface area contributed by atoms with Gasteiger partial charge in [-0.05, 0) is 62.5 Å². The number of halogens is 1.